The number of carbonyl (C=O) groups excluding carboxylic acids is 2. The van der Waals surface area contributed by atoms with Gasteiger partial charge in [-0.25, -0.2) is 4.79 Å². The number of nitrogens with zero attached hydrogens (tertiary/aromatic N) is 2. The summed E-state index contributed by atoms with van der Waals surface area (Å²) >= 11 is 5.84. The molecule has 0 atom stereocenters. The lowest BCUT2D eigenvalue weighted by atomic mass is 10.2. The van der Waals surface area contributed by atoms with Gasteiger partial charge in [0.15, 0.2) is 11.5 Å². The van der Waals surface area contributed by atoms with Gasteiger partial charge in [-0.1, -0.05) is 23.7 Å². The molecule has 1 amide bonds. The number of nitrogens with one attached hydrogen (secondary N) is 2. The van der Waals surface area contributed by atoms with Gasteiger partial charge < -0.3 is 15.4 Å². The van der Waals surface area contributed by atoms with E-state index in [0.717, 1.165) is 11.3 Å². The molecule has 1 aromatic heterocycles. The molecule has 0 bridgehead atoms. The van der Waals surface area contributed by atoms with Crippen LogP contribution < -0.4 is 10.6 Å². The van der Waals surface area contributed by atoms with E-state index in [1.54, 1.807) is 48.5 Å². The Labute approximate surface area is 166 Å². The quantitative estimate of drug-likeness (QED) is 0.618. The predicted molar refractivity (Wildman–Crippen MR) is 106 cm³/mol. The second-order valence-corrected chi connectivity index (χ2v) is 6.24. The Kier molecular flexibility index (Phi) is 6.18. The van der Waals surface area contributed by atoms with Crippen LogP contribution in [0.4, 0.5) is 11.5 Å². The van der Waals surface area contributed by atoms with Crippen LogP contribution in [0.1, 0.15) is 26.4 Å². The van der Waals surface area contributed by atoms with Gasteiger partial charge in [-0.2, -0.15) is 0 Å². The Hall–Kier alpha value is -3.45. The fraction of sp³-hybridized carbons (Fsp3) is 0.100. The average molecular weight is 397 g/mol. The van der Waals surface area contributed by atoms with Crippen molar-refractivity contribution in [2.45, 2.75) is 6.54 Å². The maximum Gasteiger partial charge on any atom is 0.337 e. The van der Waals surface area contributed by atoms with Crippen LogP contribution >= 0.6 is 11.6 Å². The first kappa shape index (κ1) is 19.3. The van der Waals surface area contributed by atoms with Crippen LogP contribution in [0.15, 0.2) is 60.7 Å². The minimum Gasteiger partial charge on any atom is -0.465 e. The SMILES string of the molecule is COC(=O)c1ccc(Nc2ccc(C(=O)NCc3ccc(Cl)cc3)nn2)cc1. The highest BCUT2D eigenvalue weighted by Gasteiger charge is 2.09. The van der Waals surface area contributed by atoms with Crippen LogP contribution in [0.3, 0.4) is 0 Å². The van der Waals surface area contributed by atoms with Crippen molar-refractivity contribution in [1.29, 1.82) is 0 Å². The summed E-state index contributed by atoms with van der Waals surface area (Å²) in [4.78, 5) is 23.6. The second kappa shape index (κ2) is 8.96. The van der Waals surface area contributed by atoms with E-state index >= 15 is 0 Å². The van der Waals surface area contributed by atoms with E-state index < -0.39 is 5.97 Å². The zero-order valence-corrected chi connectivity index (χ0v) is 15.7. The third kappa shape index (κ3) is 5.05. The number of rotatable bonds is 6. The lowest BCUT2D eigenvalue weighted by Gasteiger charge is -2.07. The Morgan fingerprint density at radius 1 is 0.964 bits per heavy atom. The summed E-state index contributed by atoms with van der Waals surface area (Å²) in [6.45, 7) is 0.365. The number of hydrogen-bond acceptors (Lipinski definition) is 6. The van der Waals surface area contributed by atoms with Crippen LogP contribution in [0.5, 0.6) is 0 Å². The molecule has 7 nitrogen and oxygen atoms in total. The van der Waals surface area contributed by atoms with Crippen molar-refractivity contribution < 1.29 is 14.3 Å². The first-order valence-electron chi connectivity index (χ1n) is 8.37. The number of amides is 1. The lowest BCUT2D eigenvalue weighted by molar-refractivity contribution is 0.0600. The molecule has 142 valence electrons. The van der Waals surface area contributed by atoms with Crippen LogP contribution in [-0.2, 0) is 11.3 Å². The molecule has 3 aromatic rings. The van der Waals surface area contributed by atoms with Crippen LogP contribution in [-0.4, -0.2) is 29.2 Å². The monoisotopic (exact) mass is 396 g/mol. The molecular formula is C20H17ClN4O3. The number of anilines is 2. The third-order valence-electron chi connectivity index (χ3n) is 3.84. The average Bonchev–Trinajstić information content (AvgIpc) is 2.73. The van der Waals surface area contributed by atoms with Crippen molar-refractivity contribution in [2.75, 3.05) is 12.4 Å². The number of aromatic nitrogens is 2. The smallest absolute Gasteiger partial charge is 0.337 e. The number of hydrogen-bond donors (Lipinski definition) is 2. The van der Waals surface area contributed by atoms with Gasteiger partial charge in [0, 0.05) is 17.3 Å². The molecule has 8 heteroatoms. The Bertz CT molecular complexity index is 958. The minimum absolute atomic E-state index is 0.209. The van der Waals surface area contributed by atoms with Gasteiger partial charge in [-0.3, -0.25) is 4.79 Å². The predicted octanol–water partition coefficient (Wildman–Crippen LogP) is 3.59. The van der Waals surface area contributed by atoms with Crippen molar-refractivity contribution in [3.8, 4) is 0 Å². The summed E-state index contributed by atoms with van der Waals surface area (Å²) in [6.07, 6.45) is 0. The van der Waals surface area contributed by atoms with Crippen molar-refractivity contribution in [1.82, 2.24) is 15.5 Å². The molecule has 0 fully saturated rings. The number of halogens is 1. The van der Waals surface area contributed by atoms with Crippen LogP contribution in [0, 0.1) is 0 Å². The summed E-state index contributed by atoms with van der Waals surface area (Å²) < 4.78 is 4.66. The number of benzene rings is 2. The number of carbonyl (C=O) groups is 2. The van der Waals surface area contributed by atoms with Crippen molar-refractivity contribution in [2.24, 2.45) is 0 Å². The maximum absolute atomic E-state index is 12.2. The number of esters is 1. The molecule has 1 heterocycles. The lowest BCUT2D eigenvalue weighted by Crippen LogP contribution is -2.24. The number of ether oxygens (including phenoxy) is 1. The van der Waals surface area contributed by atoms with Crippen LogP contribution in [0.2, 0.25) is 5.02 Å². The molecule has 0 aliphatic carbocycles. The van der Waals surface area contributed by atoms with E-state index in [4.69, 9.17) is 11.6 Å². The van der Waals surface area contributed by atoms with Crippen molar-refractivity contribution in [3.05, 3.63) is 82.5 Å². The highest BCUT2D eigenvalue weighted by Crippen LogP contribution is 2.15. The molecule has 0 unspecified atom stereocenters. The van der Waals surface area contributed by atoms with Gasteiger partial charge in [0.2, 0.25) is 0 Å². The first-order valence-corrected chi connectivity index (χ1v) is 8.75. The van der Waals surface area contributed by atoms with E-state index in [1.165, 1.54) is 7.11 Å². The molecule has 2 aromatic carbocycles. The highest BCUT2D eigenvalue weighted by atomic mass is 35.5. The summed E-state index contributed by atoms with van der Waals surface area (Å²) in [5.74, 6) is -0.253. The van der Waals surface area contributed by atoms with E-state index in [1.807, 2.05) is 12.1 Å². The fourth-order valence-corrected chi connectivity index (χ4v) is 2.48. The molecular weight excluding hydrogens is 380 g/mol. The maximum atomic E-state index is 12.2. The van der Waals surface area contributed by atoms with Gasteiger partial charge >= 0.3 is 5.97 Å². The Morgan fingerprint density at radius 3 is 2.29 bits per heavy atom. The zero-order valence-electron chi connectivity index (χ0n) is 15.0. The van der Waals surface area contributed by atoms with E-state index in [9.17, 15) is 9.59 Å². The number of methoxy groups -OCH3 is 1. The Balaban J connectivity index is 1.57. The molecule has 2 N–H and O–H groups in total. The molecule has 0 aliphatic rings. The highest BCUT2D eigenvalue weighted by molar-refractivity contribution is 6.30. The minimum atomic E-state index is -0.402. The van der Waals surface area contributed by atoms with Gasteiger partial charge in [0.1, 0.15) is 0 Å². The summed E-state index contributed by atoms with van der Waals surface area (Å²) in [6, 6.07) is 17.2. The third-order valence-corrected chi connectivity index (χ3v) is 4.09. The topological polar surface area (TPSA) is 93.2 Å². The van der Waals surface area contributed by atoms with Crippen LogP contribution in [0.25, 0.3) is 0 Å². The molecule has 3 rings (SSSR count). The zero-order chi connectivity index (χ0) is 19.9. The van der Waals surface area contributed by atoms with Crippen molar-refractivity contribution in [3.63, 3.8) is 0 Å². The molecule has 0 spiro atoms. The Morgan fingerprint density at radius 2 is 1.68 bits per heavy atom. The van der Waals surface area contributed by atoms with Gasteiger partial charge in [-0.15, -0.1) is 10.2 Å². The fourth-order valence-electron chi connectivity index (χ4n) is 2.35. The van der Waals surface area contributed by atoms with E-state index in [-0.39, 0.29) is 11.6 Å². The van der Waals surface area contributed by atoms with Crippen molar-refractivity contribution >= 4 is 35.0 Å². The summed E-state index contributed by atoms with van der Waals surface area (Å²) in [5, 5.41) is 14.4. The van der Waals surface area contributed by atoms with E-state index in [0.29, 0.717) is 22.9 Å². The second-order valence-electron chi connectivity index (χ2n) is 5.81. The van der Waals surface area contributed by atoms with Gasteiger partial charge in [0.25, 0.3) is 5.91 Å². The standard InChI is InChI=1S/C20H17ClN4O3/c1-28-20(27)14-4-8-16(9-5-14)23-18-11-10-17(24-25-18)19(26)22-12-13-2-6-15(21)7-3-13/h2-11H,12H2,1H3,(H,22,26)(H,23,25). The summed E-state index contributed by atoms with van der Waals surface area (Å²) in [5.41, 5.74) is 2.31. The van der Waals surface area contributed by atoms with E-state index in [2.05, 4.69) is 25.6 Å². The molecule has 0 saturated heterocycles. The largest absolute Gasteiger partial charge is 0.465 e. The molecule has 0 saturated carbocycles. The molecule has 0 radical (unpaired) electrons. The molecule has 28 heavy (non-hydrogen) atoms. The summed E-state index contributed by atoms with van der Waals surface area (Å²) in [7, 11) is 1.33. The first-order chi connectivity index (χ1) is 13.5. The molecule has 0 aliphatic heterocycles. The normalized spacial score (nSPS) is 10.2. The van der Waals surface area contributed by atoms with Gasteiger partial charge in [0.05, 0.1) is 12.7 Å². The van der Waals surface area contributed by atoms with Gasteiger partial charge in [-0.05, 0) is 54.1 Å².